The number of anilines is 1. The van der Waals surface area contributed by atoms with Crippen molar-refractivity contribution in [3.63, 3.8) is 0 Å². The zero-order valence-electron chi connectivity index (χ0n) is 18.8. The number of fused-ring (bicyclic) bond motifs is 1. The summed E-state index contributed by atoms with van der Waals surface area (Å²) in [6.07, 6.45) is 7.07. The third-order valence-corrected chi connectivity index (χ3v) is 6.98. The zero-order valence-corrected chi connectivity index (χ0v) is 19.6. The van der Waals surface area contributed by atoms with Crippen LogP contribution in [0.1, 0.15) is 63.6 Å². The van der Waals surface area contributed by atoms with Crippen LogP contribution in [0, 0.1) is 0 Å². The van der Waals surface area contributed by atoms with Crippen LogP contribution in [0.5, 0.6) is 0 Å². The largest absolute Gasteiger partial charge is 0.383 e. The number of ether oxygens (including phenoxy) is 1. The molecule has 0 radical (unpaired) electrons. The summed E-state index contributed by atoms with van der Waals surface area (Å²) in [7, 11) is 1.73. The highest BCUT2D eigenvalue weighted by Gasteiger charge is 2.40. The van der Waals surface area contributed by atoms with Crippen molar-refractivity contribution in [2.75, 3.05) is 44.8 Å². The van der Waals surface area contributed by atoms with Crippen molar-refractivity contribution in [2.45, 2.75) is 69.9 Å². The highest BCUT2D eigenvalue weighted by Crippen LogP contribution is 2.43. The van der Waals surface area contributed by atoms with Crippen molar-refractivity contribution in [3.8, 4) is 0 Å². The lowest BCUT2D eigenvalue weighted by Gasteiger charge is -2.39. The molecular formula is C23H37ClN4O2. The van der Waals surface area contributed by atoms with Gasteiger partial charge in [0.15, 0.2) is 0 Å². The van der Waals surface area contributed by atoms with E-state index in [1.54, 1.807) is 7.11 Å². The summed E-state index contributed by atoms with van der Waals surface area (Å²) in [6, 6.07) is 2.84. The van der Waals surface area contributed by atoms with Crippen molar-refractivity contribution in [2.24, 2.45) is 0 Å². The lowest BCUT2D eigenvalue weighted by atomic mass is 9.87. The Labute approximate surface area is 187 Å². The van der Waals surface area contributed by atoms with E-state index in [2.05, 4.69) is 37.1 Å². The molecule has 2 aliphatic heterocycles. The van der Waals surface area contributed by atoms with E-state index in [-0.39, 0.29) is 29.8 Å². The number of nitrogens with one attached hydrogen (secondary N) is 1. The summed E-state index contributed by atoms with van der Waals surface area (Å²) in [4.78, 5) is 22.6. The Balaban J connectivity index is 0.00000256. The Kier molecular flexibility index (Phi) is 7.44. The Morgan fingerprint density at radius 1 is 1.33 bits per heavy atom. The number of hydrogen-bond acceptors (Lipinski definition) is 5. The van der Waals surface area contributed by atoms with Crippen LogP contribution in [-0.4, -0.2) is 67.8 Å². The van der Waals surface area contributed by atoms with E-state index in [0.29, 0.717) is 25.1 Å². The summed E-state index contributed by atoms with van der Waals surface area (Å²) in [5.74, 6) is 0.747. The molecule has 4 rings (SSSR count). The fourth-order valence-corrected chi connectivity index (χ4v) is 5.28. The third-order valence-electron chi connectivity index (χ3n) is 6.98. The molecule has 2 atom stereocenters. The SMILES string of the molecule is COC[C@H]1CN[C@H](C)CN1CC(=O)N1CC(C)(C)c2cnc(C3CCCC3)cc21.Cl. The average Bonchev–Trinajstić information content (AvgIpc) is 3.30. The van der Waals surface area contributed by atoms with Gasteiger partial charge in [0.1, 0.15) is 0 Å². The monoisotopic (exact) mass is 436 g/mol. The number of nitrogens with zero attached hydrogens (tertiary/aromatic N) is 3. The van der Waals surface area contributed by atoms with Crippen LogP contribution in [0.3, 0.4) is 0 Å². The Hall–Kier alpha value is -1.21. The molecule has 3 heterocycles. The molecule has 168 valence electrons. The first-order valence-corrected chi connectivity index (χ1v) is 11.2. The van der Waals surface area contributed by atoms with Gasteiger partial charge in [0.2, 0.25) is 5.91 Å². The van der Waals surface area contributed by atoms with Gasteiger partial charge in [0.25, 0.3) is 0 Å². The maximum atomic E-state index is 13.5. The first-order chi connectivity index (χ1) is 13.9. The lowest BCUT2D eigenvalue weighted by molar-refractivity contribution is -0.121. The molecule has 3 aliphatic rings. The minimum Gasteiger partial charge on any atom is -0.383 e. The molecule has 1 N–H and O–H groups in total. The summed E-state index contributed by atoms with van der Waals surface area (Å²) in [6.45, 7) is 10.2. The van der Waals surface area contributed by atoms with E-state index in [1.807, 2.05) is 11.1 Å². The van der Waals surface area contributed by atoms with Crippen molar-refractivity contribution in [1.82, 2.24) is 15.2 Å². The molecule has 7 heteroatoms. The number of amides is 1. The number of carbonyl (C=O) groups is 1. The first-order valence-electron chi connectivity index (χ1n) is 11.2. The number of piperazine rings is 1. The smallest absolute Gasteiger partial charge is 0.241 e. The van der Waals surface area contributed by atoms with Crippen molar-refractivity contribution in [1.29, 1.82) is 0 Å². The maximum absolute atomic E-state index is 13.5. The molecule has 1 aromatic heterocycles. The standard InChI is InChI=1S/C23H36N4O2.ClH/c1-16-12-26(18(10-24-16)14-29-4)13-22(28)27-15-23(2,3)19-11-25-20(9-21(19)27)17-7-5-6-8-17;/h9,11,16-18,24H,5-8,10,12-15H2,1-4H3;1H/t16-,18-;/m1./s1. The molecular weight excluding hydrogens is 400 g/mol. The number of halogens is 1. The van der Waals surface area contributed by atoms with Gasteiger partial charge in [-0.05, 0) is 25.8 Å². The molecule has 30 heavy (non-hydrogen) atoms. The second kappa shape index (κ2) is 9.51. The van der Waals surface area contributed by atoms with E-state index < -0.39 is 0 Å². The Morgan fingerprint density at radius 3 is 2.77 bits per heavy atom. The van der Waals surface area contributed by atoms with Gasteiger partial charge in [-0.2, -0.15) is 0 Å². The molecule has 2 fully saturated rings. The van der Waals surface area contributed by atoms with Gasteiger partial charge in [0.05, 0.1) is 18.8 Å². The van der Waals surface area contributed by atoms with Crippen molar-refractivity contribution < 1.29 is 9.53 Å². The molecule has 0 bridgehead atoms. The molecule has 1 aliphatic carbocycles. The van der Waals surface area contributed by atoms with Crippen LogP contribution < -0.4 is 10.2 Å². The van der Waals surface area contributed by atoms with Crippen LogP contribution in [0.2, 0.25) is 0 Å². The molecule has 6 nitrogen and oxygen atoms in total. The van der Waals surface area contributed by atoms with Crippen LogP contribution in [0.4, 0.5) is 5.69 Å². The van der Waals surface area contributed by atoms with E-state index in [1.165, 1.54) is 36.9 Å². The predicted octanol–water partition coefficient (Wildman–Crippen LogP) is 3.09. The Morgan fingerprint density at radius 2 is 2.07 bits per heavy atom. The lowest BCUT2D eigenvalue weighted by Crippen LogP contribution is -2.59. The van der Waals surface area contributed by atoms with Gasteiger partial charge >= 0.3 is 0 Å². The highest BCUT2D eigenvalue weighted by molar-refractivity contribution is 5.97. The fraction of sp³-hybridized carbons (Fsp3) is 0.739. The normalized spacial score (nSPS) is 26.5. The molecule has 1 saturated heterocycles. The van der Waals surface area contributed by atoms with Gasteiger partial charge in [0, 0.05) is 67.6 Å². The minimum atomic E-state index is -0.0606. The first kappa shape index (κ1) is 23.5. The van der Waals surface area contributed by atoms with E-state index >= 15 is 0 Å². The molecule has 0 aromatic carbocycles. The quantitative estimate of drug-likeness (QED) is 0.768. The van der Waals surface area contributed by atoms with Crippen molar-refractivity contribution in [3.05, 3.63) is 23.5 Å². The summed E-state index contributed by atoms with van der Waals surface area (Å²) in [5, 5.41) is 3.50. The second-order valence-electron chi connectivity index (χ2n) is 9.82. The highest BCUT2D eigenvalue weighted by atomic mass is 35.5. The predicted molar refractivity (Wildman–Crippen MR) is 123 cm³/mol. The van der Waals surface area contributed by atoms with Crippen LogP contribution in [0.25, 0.3) is 0 Å². The summed E-state index contributed by atoms with van der Waals surface area (Å²) in [5.41, 5.74) is 3.40. The third kappa shape index (κ3) is 4.67. The number of pyridine rings is 1. The maximum Gasteiger partial charge on any atom is 0.241 e. The van der Waals surface area contributed by atoms with E-state index in [4.69, 9.17) is 9.72 Å². The molecule has 0 spiro atoms. The van der Waals surface area contributed by atoms with Gasteiger partial charge in [-0.25, -0.2) is 0 Å². The van der Waals surface area contributed by atoms with Gasteiger partial charge in [-0.3, -0.25) is 14.7 Å². The number of methoxy groups -OCH3 is 1. The summed E-state index contributed by atoms with van der Waals surface area (Å²) < 4.78 is 5.40. The molecule has 0 unspecified atom stereocenters. The number of hydrogen-bond donors (Lipinski definition) is 1. The van der Waals surface area contributed by atoms with E-state index in [9.17, 15) is 4.79 Å². The van der Waals surface area contributed by atoms with Crippen LogP contribution in [-0.2, 0) is 14.9 Å². The molecule has 1 amide bonds. The average molecular weight is 437 g/mol. The zero-order chi connectivity index (χ0) is 20.6. The second-order valence-corrected chi connectivity index (χ2v) is 9.82. The fourth-order valence-electron chi connectivity index (χ4n) is 5.28. The number of aromatic nitrogens is 1. The van der Waals surface area contributed by atoms with Crippen LogP contribution >= 0.6 is 12.4 Å². The molecule has 1 aromatic rings. The topological polar surface area (TPSA) is 57.7 Å². The minimum absolute atomic E-state index is 0. The van der Waals surface area contributed by atoms with Gasteiger partial charge in [-0.1, -0.05) is 26.7 Å². The number of carbonyl (C=O) groups excluding carboxylic acids is 1. The van der Waals surface area contributed by atoms with Gasteiger partial charge in [-0.15, -0.1) is 12.4 Å². The van der Waals surface area contributed by atoms with Crippen LogP contribution in [0.15, 0.2) is 12.3 Å². The van der Waals surface area contributed by atoms with Gasteiger partial charge < -0.3 is 15.0 Å². The molecule has 1 saturated carbocycles. The number of rotatable bonds is 5. The summed E-state index contributed by atoms with van der Waals surface area (Å²) >= 11 is 0. The van der Waals surface area contributed by atoms with Crippen molar-refractivity contribution >= 4 is 24.0 Å². The van der Waals surface area contributed by atoms with E-state index in [0.717, 1.165) is 25.3 Å². The Bertz CT molecular complexity index is 751.